The van der Waals surface area contributed by atoms with Crippen molar-refractivity contribution in [1.29, 1.82) is 0 Å². The van der Waals surface area contributed by atoms with E-state index >= 15 is 0 Å². The van der Waals surface area contributed by atoms with E-state index in [9.17, 15) is 0 Å². The minimum Gasteiger partial charge on any atom is -0.491 e. The van der Waals surface area contributed by atoms with E-state index < -0.39 is 0 Å². The lowest BCUT2D eigenvalue weighted by molar-refractivity contribution is -0.363. The van der Waals surface area contributed by atoms with Gasteiger partial charge in [0.25, 0.3) is 0 Å². The summed E-state index contributed by atoms with van der Waals surface area (Å²) < 4.78 is 22.6. The van der Waals surface area contributed by atoms with Gasteiger partial charge in [-0.25, -0.2) is 4.98 Å². The number of rotatable bonds is 7. The summed E-state index contributed by atoms with van der Waals surface area (Å²) in [5, 5.41) is 8.58. The third-order valence-electron chi connectivity index (χ3n) is 4.78. The fourth-order valence-electron chi connectivity index (χ4n) is 3.42. The maximum atomic E-state index is 5.84. The molecule has 0 amide bonds. The van der Waals surface area contributed by atoms with E-state index in [1.54, 1.807) is 0 Å². The van der Waals surface area contributed by atoms with Crippen LogP contribution in [-0.4, -0.2) is 29.5 Å². The fourth-order valence-corrected chi connectivity index (χ4v) is 3.93. The Morgan fingerprint density at radius 2 is 1.94 bits per heavy atom. The lowest BCUT2D eigenvalue weighted by atomic mass is 10.1. The topological polar surface area (TPSA) is 91.8 Å². The molecule has 5 rings (SSSR count). The largest absolute Gasteiger partial charge is 0.491 e. The molecule has 1 aliphatic heterocycles. The number of hydrogen-bond acceptors (Lipinski definition) is 7. The molecular formula is C23H23N4O4S+. The van der Waals surface area contributed by atoms with Crippen LogP contribution in [0, 0.1) is 0 Å². The van der Waals surface area contributed by atoms with Crippen molar-refractivity contribution in [2.24, 2.45) is 0 Å². The zero-order valence-electron chi connectivity index (χ0n) is 17.7. The number of aromatic amines is 2. The van der Waals surface area contributed by atoms with Crippen molar-refractivity contribution < 1.29 is 23.5 Å². The molecule has 0 spiro atoms. The average molecular weight is 452 g/mol. The number of aromatic nitrogens is 3. The quantitative estimate of drug-likeness (QED) is 0.312. The van der Waals surface area contributed by atoms with E-state index in [1.165, 1.54) is 12.0 Å². The number of benzene rings is 2. The van der Waals surface area contributed by atoms with E-state index in [-0.39, 0.29) is 6.10 Å². The van der Waals surface area contributed by atoms with Gasteiger partial charge in [-0.05, 0) is 50.2 Å². The molecule has 0 aliphatic carbocycles. The number of nitrogens with one attached hydrogen (secondary N) is 3. The molecule has 3 heterocycles. The predicted octanol–water partition coefficient (Wildman–Crippen LogP) is 4.65. The third kappa shape index (κ3) is 4.44. The van der Waals surface area contributed by atoms with Crippen molar-refractivity contribution in [3.05, 3.63) is 54.7 Å². The van der Waals surface area contributed by atoms with E-state index in [4.69, 9.17) is 18.5 Å². The average Bonchev–Trinajstić information content (AvgIpc) is 3.22. The predicted molar refractivity (Wildman–Crippen MR) is 122 cm³/mol. The highest BCUT2D eigenvalue weighted by molar-refractivity contribution is 7.94. The van der Waals surface area contributed by atoms with Crippen LogP contribution < -0.4 is 24.7 Å². The normalized spacial score (nSPS) is 12.8. The Labute approximate surface area is 189 Å². The standard InChI is InChI=1S/C23H22N4O4S/c1-14(2)30-16-3-5-19-18(12-16)23(26-25-19)15-7-8-24-22(11-15)27-31-32-17-4-6-20-21(13-17)29-10-9-28-20/h3-8,11-14H,9-10H2,1-2H3,(H,24,27)(H,25,26)/p+1. The Balaban J connectivity index is 1.29. The van der Waals surface area contributed by atoms with Crippen LogP contribution in [0.25, 0.3) is 22.2 Å². The summed E-state index contributed by atoms with van der Waals surface area (Å²) in [4.78, 5) is 4.03. The van der Waals surface area contributed by atoms with Crippen LogP contribution in [-0.2, 0) is 4.28 Å². The monoisotopic (exact) mass is 451 g/mol. The van der Waals surface area contributed by atoms with Crippen LogP contribution in [0.3, 0.4) is 0 Å². The van der Waals surface area contributed by atoms with Crippen LogP contribution in [0.1, 0.15) is 13.8 Å². The number of fused-ring (bicyclic) bond motifs is 2. The zero-order chi connectivity index (χ0) is 21.9. The Morgan fingerprint density at radius 3 is 2.81 bits per heavy atom. The Kier molecular flexibility index (Phi) is 5.74. The zero-order valence-corrected chi connectivity index (χ0v) is 18.5. The Morgan fingerprint density at radius 1 is 1.06 bits per heavy atom. The smallest absolute Gasteiger partial charge is 0.304 e. The molecule has 0 atom stereocenters. The molecule has 9 heteroatoms. The summed E-state index contributed by atoms with van der Waals surface area (Å²) in [6, 6.07) is 15.5. The second kappa shape index (κ2) is 8.97. The van der Waals surface area contributed by atoms with Gasteiger partial charge in [-0.2, -0.15) is 5.10 Å². The first-order valence-corrected chi connectivity index (χ1v) is 11.1. The lowest BCUT2D eigenvalue weighted by Gasteiger charge is -2.18. The molecule has 0 saturated heterocycles. The lowest BCUT2D eigenvalue weighted by Crippen LogP contribution is -2.15. The summed E-state index contributed by atoms with van der Waals surface area (Å²) in [6.45, 7) is 5.14. The van der Waals surface area contributed by atoms with Crippen LogP contribution in [0.2, 0.25) is 0 Å². The molecule has 0 fully saturated rings. The molecule has 164 valence electrons. The highest BCUT2D eigenvalue weighted by Gasteiger charge is 2.15. The van der Waals surface area contributed by atoms with Crippen LogP contribution in [0.5, 0.6) is 17.2 Å². The number of anilines is 1. The first-order valence-electron chi connectivity index (χ1n) is 10.3. The molecular weight excluding hydrogens is 428 g/mol. The molecule has 4 aromatic rings. The van der Waals surface area contributed by atoms with Gasteiger partial charge in [0.05, 0.1) is 29.9 Å². The molecule has 32 heavy (non-hydrogen) atoms. The second-order valence-corrected chi connectivity index (χ2v) is 8.32. The summed E-state index contributed by atoms with van der Waals surface area (Å²) in [5.74, 6) is 2.99. The van der Waals surface area contributed by atoms with Gasteiger partial charge in [0.1, 0.15) is 24.7 Å². The van der Waals surface area contributed by atoms with E-state index in [1.807, 2.05) is 68.6 Å². The summed E-state index contributed by atoms with van der Waals surface area (Å²) in [6.07, 6.45) is 1.94. The van der Waals surface area contributed by atoms with Gasteiger partial charge in [0, 0.05) is 28.0 Å². The number of ether oxygens (including phenoxy) is 3. The van der Waals surface area contributed by atoms with Crippen LogP contribution in [0.15, 0.2) is 59.6 Å². The van der Waals surface area contributed by atoms with Gasteiger partial charge in [-0.15, -0.1) is 9.76 Å². The van der Waals surface area contributed by atoms with Gasteiger partial charge in [0.15, 0.2) is 11.5 Å². The van der Waals surface area contributed by atoms with Crippen molar-refractivity contribution in [2.45, 2.75) is 24.8 Å². The Hall–Kier alpha value is -3.43. The second-order valence-electron chi connectivity index (χ2n) is 7.51. The molecule has 1 aliphatic rings. The minimum atomic E-state index is 0.105. The van der Waals surface area contributed by atoms with Crippen molar-refractivity contribution in [3.63, 3.8) is 0 Å². The molecule has 0 unspecified atom stereocenters. The van der Waals surface area contributed by atoms with E-state index in [2.05, 4.69) is 20.7 Å². The van der Waals surface area contributed by atoms with Gasteiger partial charge in [-0.3, -0.25) is 5.10 Å². The van der Waals surface area contributed by atoms with Crippen molar-refractivity contribution >= 4 is 28.8 Å². The number of H-pyrrole nitrogens is 2. The molecule has 0 bridgehead atoms. The summed E-state index contributed by atoms with van der Waals surface area (Å²) >= 11 is 1.20. The highest BCUT2D eigenvalue weighted by atomic mass is 32.2. The third-order valence-corrected chi connectivity index (χ3v) is 5.40. The van der Waals surface area contributed by atoms with Crippen molar-refractivity contribution in [3.8, 4) is 28.5 Å². The molecule has 0 radical (unpaired) electrons. The summed E-state index contributed by atoms with van der Waals surface area (Å²) in [5.41, 5.74) is 5.66. The molecule has 0 saturated carbocycles. The van der Waals surface area contributed by atoms with Gasteiger partial charge < -0.3 is 14.2 Å². The SMILES string of the molecule is CC(C)Oc1ccc2[nH]nc(-c3cc[nH+]c(NOSc4ccc5c(c4)OCCO5)c3)c2c1. The number of hydrogen-bond donors (Lipinski definition) is 2. The molecule has 2 aromatic carbocycles. The fraction of sp³-hybridized carbons (Fsp3) is 0.217. The van der Waals surface area contributed by atoms with Gasteiger partial charge in [0.2, 0.25) is 0 Å². The Bertz CT molecular complexity index is 1240. The minimum absolute atomic E-state index is 0.105. The molecule has 3 N–H and O–H groups in total. The highest BCUT2D eigenvalue weighted by Crippen LogP contribution is 2.34. The maximum Gasteiger partial charge on any atom is 0.304 e. The van der Waals surface area contributed by atoms with Crippen molar-refractivity contribution in [1.82, 2.24) is 10.2 Å². The first-order chi connectivity index (χ1) is 15.7. The van der Waals surface area contributed by atoms with E-state index in [0.717, 1.165) is 44.3 Å². The number of nitrogens with zero attached hydrogens (tertiary/aromatic N) is 1. The summed E-state index contributed by atoms with van der Waals surface area (Å²) in [7, 11) is 0. The van der Waals surface area contributed by atoms with Crippen LogP contribution >= 0.6 is 12.0 Å². The first kappa shape index (κ1) is 20.5. The van der Waals surface area contributed by atoms with Gasteiger partial charge in [-0.1, -0.05) is 0 Å². The maximum absolute atomic E-state index is 5.84. The number of pyridine rings is 1. The van der Waals surface area contributed by atoms with Crippen LogP contribution in [0.4, 0.5) is 5.82 Å². The van der Waals surface area contributed by atoms with Gasteiger partial charge >= 0.3 is 5.82 Å². The molecule has 8 nitrogen and oxygen atoms in total. The molecule has 2 aromatic heterocycles. The van der Waals surface area contributed by atoms with Crippen molar-refractivity contribution in [2.75, 3.05) is 18.7 Å². The van der Waals surface area contributed by atoms with E-state index in [0.29, 0.717) is 19.0 Å².